The molecule has 114 valence electrons. The highest BCUT2D eigenvalue weighted by Gasteiger charge is 2.46. The smallest absolute Gasteiger partial charge is 0.0615 e. The van der Waals surface area contributed by atoms with Crippen LogP contribution < -0.4 is 5.73 Å². The van der Waals surface area contributed by atoms with Crippen LogP contribution in [0.5, 0.6) is 0 Å². The van der Waals surface area contributed by atoms with Crippen molar-refractivity contribution >= 4 is 0 Å². The first-order valence-electron chi connectivity index (χ1n) is 7.99. The van der Waals surface area contributed by atoms with E-state index in [0.717, 1.165) is 19.7 Å². The zero-order valence-corrected chi connectivity index (χ0v) is 13.6. The highest BCUT2D eigenvalue weighted by molar-refractivity contribution is 5.02. The lowest BCUT2D eigenvalue weighted by molar-refractivity contribution is -0.0499. The van der Waals surface area contributed by atoms with Crippen molar-refractivity contribution in [3.8, 4) is 0 Å². The van der Waals surface area contributed by atoms with Gasteiger partial charge in [-0.25, -0.2) is 0 Å². The van der Waals surface area contributed by atoms with E-state index in [-0.39, 0.29) is 5.54 Å². The molecule has 19 heavy (non-hydrogen) atoms. The van der Waals surface area contributed by atoms with Gasteiger partial charge in [0, 0.05) is 25.2 Å². The van der Waals surface area contributed by atoms with Gasteiger partial charge >= 0.3 is 0 Å². The average molecular weight is 270 g/mol. The summed E-state index contributed by atoms with van der Waals surface area (Å²) in [6, 6.07) is 0.442. The van der Waals surface area contributed by atoms with Gasteiger partial charge in [-0.15, -0.1) is 0 Å². The van der Waals surface area contributed by atoms with Crippen LogP contribution in [0.25, 0.3) is 0 Å². The number of likely N-dealkylation sites (N-methyl/N-ethyl adjacent to an activating group) is 1. The van der Waals surface area contributed by atoms with Gasteiger partial charge in [0.15, 0.2) is 0 Å². The van der Waals surface area contributed by atoms with Crippen molar-refractivity contribution in [3.63, 3.8) is 0 Å². The van der Waals surface area contributed by atoms with E-state index in [4.69, 9.17) is 10.5 Å². The molecule has 0 spiro atoms. The van der Waals surface area contributed by atoms with Crippen LogP contribution >= 0.6 is 0 Å². The molecule has 0 aromatic carbocycles. The van der Waals surface area contributed by atoms with Crippen LogP contribution in [0.4, 0.5) is 0 Å². The third-order valence-corrected chi connectivity index (χ3v) is 5.08. The van der Waals surface area contributed by atoms with Crippen LogP contribution in [-0.4, -0.2) is 43.3 Å². The Morgan fingerprint density at radius 1 is 1.32 bits per heavy atom. The summed E-state index contributed by atoms with van der Waals surface area (Å²) in [5.41, 5.74) is 6.47. The van der Waals surface area contributed by atoms with E-state index in [0.29, 0.717) is 17.9 Å². The molecule has 0 aromatic rings. The number of nitrogens with two attached hydrogens (primary N) is 1. The van der Waals surface area contributed by atoms with E-state index in [1.54, 1.807) is 7.11 Å². The zero-order valence-electron chi connectivity index (χ0n) is 13.6. The SMILES string of the molecule is CCN(C(C)COC)C1(CN)CCCCC1C(C)C. The summed E-state index contributed by atoms with van der Waals surface area (Å²) in [5, 5.41) is 0. The van der Waals surface area contributed by atoms with Gasteiger partial charge in [0.1, 0.15) is 0 Å². The Kier molecular flexibility index (Phi) is 6.78. The number of rotatable bonds is 7. The molecule has 0 bridgehead atoms. The molecule has 1 aliphatic rings. The van der Waals surface area contributed by atoms with Crippen molar-refractivity contribution in [2.45, 2.75) is 65.0 Å². The first-order valence-corrected chi connectivity index (χ1v) is 7.99. The maximum absolute atomic E-state index is 6.29. The van der Waals surface area contributed by atoms with E-state index in [2.05, 4.69) is 32.6 Å². The summed E-state index contributed by atoms with van der Waals surface area (Å²) in [4.78, 5) is 2.63. The third kappa shape index (κ3) is 3.50. The predicted octanol–water partition coefficient (Wildman–Crippen LogP) is 2.89. The molecule has 2 N–H and O–H groups in total. The van der Waals surface area contributed by atoms with Gasteiger partial charge in [0.2, 0.25) is 0 Å². The van der Waals surface area contributed by atoms with E-state index < -0.39 is 0 Å². The summed E-state index contributed by atoms with van der Waals surface area (Å²) in [6.07, 6.45) is 5.25. The molecule has 3 unspecified atom stereocenters. The normalized spacial score (nSPS) is 30.0. The van der Waals surface area contributed by atoms with E-state index >= 15 is 0 Å². The van der Waals surface area contributed by atoms with Crippen molar-refractivity contribution in [1.29, 1.82) is 0 Å². The zero-order chi connectivity index (χ0) is 14.5. The largest absolute Gasteiger partial charge is 0.383 e. The molecule has 1 aliphatic carbocycles. The fourth-order valence-corrected chi connectivity index (χ4v) is 4.33. The van der Waals surface area contributed by atoms with Crippen LogP contribution in [0.2, 0.25) is 0 Å². The molecule has 0 aromatic heterocycles. The van der Waals surface area contributed by atoms with Crippen LogP contribution in [-0.2, 0) is 4.74 Å². The van der Waals surface area contributed by atoms with Gasteiger partial charge in [-0.2, -0.15) is 0 Å². The predicted molar refractivity (Wildman–Crippen MR) is 82.3 cm³/mol. The standard InChI is InChI=1S/C16H34N2O/c1-6-18(14(4)11-19-5)16(12-17)10-8-7-9-15(16)13(2)3/h13-15H,6-12,17H2,1-5H3. The van der Waals surface area contributed by atoms with Crippen molar-refractivity contribution in [3.05, 3.63) is 0 Å². The van der Waals surface area contributed by atoms with Gasteiger partial charge in [0.25, 0.3) is 0 Å². The quantitative estimate of drug-likeness (QED) is 0.773. The Morgan fingerprint density at radius 2 is 2.00 bits per heavy atom. The number of nitrogens with zero attached hydrogens (tertiary/aromatic N) is 1. The topological polar surface area (TPSA) is 38.5 Å². The summed E-state index contributed by atoms with van der Waals surface area (Å²) in [6.45, 7) is 11.9. The number of ether oxygens (including phenoxy) is 1. The fourth-order valence-electron chi connectivity index (χ4n) is 4.33. The maximum atomic E-state index is 6.29. The summed E-state index contributed by atoms with van der Waals surface area (Å²) < 4.78 is 5.38. The molecule has 1 saturated carbocycles. The summed E-state index contributed by atoms with van der Waals surface area (Å²) in [7, 11) is 1.79. The Hall–Kier alpha value is -0.120. The van der Waals surface area contributed by atoms with Gasteiger partial charge in [-0.3, -0.25) is 4.90 Å². The monoisotopic (exact) mass is 270 g/mol. The number of hydrogen-bond donors (Lipinski definition) is 1. The number of hydrogen-bond acceptors (Lipinski definition) is 3. The first kappa shape index (κ1) is 16.9. The molecule has 3 heteroatoms. The molecule has 0 radical (unpaired) electrons. The van der Waals surface area contributed by atoms with Crippen LogP contribution in [0.15, 0.2) is 0 Å². The minimum atomic E-state index is 0.180. The second-order valence-corrected chi connectivity index (χ2v) is 6.49. The molecule has 0 heterocycles. The lowest BCUT2D eigenvalue weighted by Crippen LogP contribution is -2.64. The Bertz CT molecular complexity index is 257. The second kappa shape index (κ2) is 7.61. The van der Waals surface area contributed by atoms with E-state index in [1.807, 2.05) is 0 Å². The minimum Gasteiger partial charge on any atom is -0.383 e. The first-order chi connectivity index (χ1) is 9.03. The Balaban J connectivity index is 3.02. The fraction of sp³-hybridized carbons (Fsp3) is 1.00. The molecular weight excluding hydrogens is 236 g/mol. The molecule has 1 rings (SSSR count). The highest BCUT2D eigenvalue weighted by atomic mass is 16.5. The lowest BCUT2D eigenvalue weighted by atomic mass is 9.66. The van der Waals surface area contributed by atoms with Crippen LogP contribution in [0.1, 0.15) is 53.4 Å². The third-order valence-electron chi connectivity index (χ3n) is 5.08. The van der Waals surface area contributed by atoms with E-state index in [1.165, 1.54) is 25.7 Å². The Labute approximate surface area is 119 Å². The van der Waals surface area contributed by atoms with Crippen LogP contribution in [0.3, 0.4) is 0 Å². The van der Waals surface area contributed by atoms with Gasteiger partial charge in [-0.05, 0) is 38.1 Å². The van der Waals surface area contributed by atoms with Gasteiger partial charge in [-0.1, -0.05) is 33.6 Å². The molecule has 3 nitrogen and oxygen atoms in total. The second-order valence-electron chi connectivity index (χ2n) is 6.49. The number of methoxy groups -OCH3 is 1. The molecule has 0 saturated heterocycles. The molecule has 0 amide bonds. The highest BCUT2D eigenvalue weighted by Crippen LogP contribution is 2.42. The van der Waals surface area contributed by atoms with Crippen molar-refractivity contribution in [2.24, 2.45) is 17.6 Å². The van der Waals surface area contributed by atoms with Crippen molar-refractivity contribution < 1.29 is 4.74 Å². The Morgan fingerprint density at radius 3 is 2.47 bits per heavy atom. The minimum absolute atomic E-state index is 0.180. The lowest BCUT2D eigenvalue weighted by Gasteiger charge is -2.54. The summed E-state index contributed by atoms with van der Waals surface area (Å²) in [5.74, 6) is 1.41. The molecule has 1 fully saturated rings. The molecular formula is C16H34N2O. The maximum Gasteiger partial charge on any atom is 0.0615 e. The van der Waals surface area contributed by atoms with E-state index in [9.17, 15) is 0 Å². The van der Waals surface area contributed by atoms with Crippen molar-refractivity contribution in [2.75, 3.05) is 26.8 Å². The van der Waals surface area contributed by atoms with Gasteiger partial charge in [0.05, 0.1) is 6.61 Å². The molecule has 3 atom stereocenters. The summed E-state index contributed by atoms with van der Waals surface area (Å²) >= 11 is 0. The average Bonchev–Trinajstić information content (AvgIpc) is 2.40. The van der Waals surface area contributed by atoms with Crippen LogP contribution in [0, 0.1) is 11.8 Å². The molecule has 0 aliphatic heterocycles. The van der Waals surface area contributed by atoms with Crippen molar-refractivity contribution in [1.82, 2.24) is 4.90 Å². The van der Waals surface area contributed by atoms with Gasteiger partial charge < -0.3 is 10.5 Å².